The van der Waals surface area contributed by atoms with Crippen LogP contribution in [0.5, 0.6) is 0 Å². The van der Waals surface area contributed by atoms with E-state index >= 15 is 0 Å². The molecule has 0 N–H and O–H groups in total. The number of carbonyl (C=O) groups excluding carboxylic acids is 1. The van der Waals surface area contributed by atoms with Crippen molar-refractivity contribution in [2.45, 2.75) is 32.2 Å². The van der Waals surface area contributed by atoms with Crippen molar-refractivity contribution in [2.75, 3.05) is 7.11 Å². The number of aryl methyl sites for hydroxylation is 2. The summed E-state index contributed by atoms with van der Waals surface area (Å²) in [5, 5.41) is 2.72. The molecular weight excluding hydrogens is 408 g/mol. The Morgan fingerprint density at radius 3 is 2.65 bits per heavy atom. The molecule has 5 nitrogen and oxygen atoms in total. The molecule has 0 fully saturated rings. The molecule has 5 rings (SSSR count). The zero-order valence-electron chi connectivity index (χ0n) is 17.3. The molecule has 156 valence electrons. The molecule has 0 spiro atoms. The van der Waals surface area contributed by atoms with Gasteiger partial charge >= 0.3 is 5.97 Å². The van der Waals surface area contributed by atoms with E-state index in [9.17, 15) is 9.59 Å². The molecule has 2 heterocycles. The molecule has 0 unspecified atom stereocenters. The first-order valence-electron chi connectivity index (χ1n) is 10.4. The van der Waals surface area contributed by atoms with Gasteiger partial charge in [0.1, 0.15) is 4.83 Å². The monoisotopic (exact) mass is 430 g/mol. The Kier molecular flexibility index (Phi) is 5.16. The topological polar surface area (TPSA) is 61.2 Å². The normalized spacial score (nSPS) is 13.2. The minimum atomic E-state index is -0.375. The Balaban J connectivity index is 1.51. The molecule has 31 heavy (non-hydrogen) atoms. The maximum atomic E-state index is 13.4. The third-order valence-corrected chi connectivity index (χ3v) is 6.83. The number of thiophene rings is 1. The standard InChI is InChI=1S/C25H22N2O3S/c1-30-25(29)18-8-6-16(7-9-18)13-27-15-26-23-22(24(27)28)21(14-31-23)20-11-10-17-4-2-3-5-19(17)12-20/h6-12,14-15H,2-5,13H2,1H3. The number of hydrogen-bond acceptors (Lipinski definition) is 5. The minimum absolute atomic E-state index is 0.0454. The fourth-order valence-corrected chi connectivity index (χ4v) is 5.16. The number of nitrogens with zero attached hydrogens (tertiary/aromatic N) is 2. The molecule has 0 radical (unpaired) electrons. The van der Waals surface area contributed by atoms with Gasteiger partial charge in [0.2, 0.25) is 0 Å². The molecule has 0 bridgehead atoms. The molecule has 0 atom stereocenters. The first-order valence-corrected chi connectivity index (χ1v) is 11.3. The van der Waals surface area contributed by atoms with Crippen molar-refractivity contribution in [1.82, 2.24) is 9.55 Å². The number of hydrogen-bond donors (Lipinski definition) is 0. The van der Waals surface area contributed by atoms with Crippen LogP contribution in [0, 0.1) is 0 Å². The number of benzene rings is 2. The summed E-state index contributed by atoms with van der Waals surface area (Å²) in [5.41, 5.74) is 6.24. The van der Waals surface area contributed by atoms with Gasteiger partial charge in [-0.3, -0.25) is 9.36 Å². The molecule has 0 saturated heterocycles. The van der Waals surface area contributed by atoms with Crippen LogP contribution in [0.4, 0.5) is 0 Å². The Morgan fingerprint density at radius 1 is 1.10 bits per heavy atom. The minimum Gasteiger partial charge on any atom is -0.465 e. The van der Waals surface area contributed by atoms with E-state index in [2.05, 4.69) is 23.2 Å². The van der Waals surface area contributed by atoms with Gasteiger partial charge in [-0.05, 0) is 60.1 Å². The van der Waals surface area contributed by atoms with E-state index in [0.29, 0.717) is 17.5 Å². The summed E-state index contributed by atoms with van der Waals surface area (Å²) in [6.07, 6.45) is 6.33. The molecule has 0 amide bonds. The summed E-state index contributed by atoms with van der Waals surface area (Å²) >= 11 is 1.51. The van der Waals surface area contributed by atoms with Crippen LogP contribution >= 0.6 is 11.3 Å². The number of fused-ring (bicyclic) bond motifs is 2. The Bertz CT molecular complexity index is 1340. The van der Waals surface area contributed by atoms with Gasteiger partial charge in [-0.15, -0.1) is 11.3 Å². The number of ether oxygens (including phenoxy) is 1. The highest BCUT2D eigenvalue weighted by Crippen LogP contribution is 2.33. The summed E-state index contributed by atoms with van der Waals surface area (Å²) in [6, 6.07) is 13.7. The highest BCUT2D eigenvalue weighted by atomic mass is 32.1. The molecule has 2 aromatic carbocycles. The van der Waals surface area contributed by atoms with Crippen LogP contribution in [0.1, 0.15) is 39.9 Å². The fraction of sp³-hybridized carbons (Fsp3) is 0.240. The predicted molar refractivity (Wildman–Crippen MR) is 123 cm³/mol. The smallest absolute Gasteiger partial charge is 0.337 e. The first kappa shape index (κ1) is 19.7. The highest BCUT2D eigenvalue weighted by molar-refractivity contribution is 7.17. The maximum Gasteiger partial charge on any atom is 0.337 e. The second kappa shape index (κ2) is 8.12. The molecule has 1 aliphatic rings. The van der Waals surface area contributed by atoms with Crippen molar-refractivity contribution in [3.63, 3.8) is 0 Å². The zero-order valence-corrected chi connectivity index (χ0v) is 18.1. The Hall–Kier alpha value is -3.25. The van der Waals surface area contributed by atoms with Crippen LogP contribution in [0.15, 0.2) is 59.0 Å². The number of esters is 1. The van der Waals surface area contributed by atoms with E-state index in [1.54, 1.807) is 23.0 Å². The van der Waals surface area contributed by atoms with Gasteiger partial charge in [-0.1, -0.05) is 30.3 Å². The van der Waals surface area contributed by atoms with Gasteiger partial charge in [0.25, 0.3) is 5.56 Å². The third kappa shape index (κ3) is 3.68. The van der Waals surface area contributed by atoms with E-state index < -0.39 is 0 Å². The maximum absolute atomic E-state index is 13.4. The number of rotatable bonds is 4. The van der Waals surface area contributed by atoms with Crippen molar-refractivity contribution in [3.8, 4) is 11.1 Å². The van der Waals surface area contributed by atoms with Crippen LogP contribution in [0.3, 0.4) is 0 Å². The van der Waals surface area contributed by atoms with Crippen molar-refractivity contribution in [3.05, 3.63) is 86.8 Å². The lowest BCUT2D eigenvalue weighted by molar-refractivity contribution is 0.0600. The average molecular weight is 431 g/mol. The van der Waals surface area contributed by atoms with Gasteiger partial charge in [0.05, 0.1) is 30.9 Å². The lowest BCUT2D eigenvalue weighted by Gasteiger charge is -2.16. The summed E-state index contributed by atoms with van der Waals surface area (Å²) in [6.45, 7) is 0.392. The van der Waals surface area contributed by atoms with Crippen molar-refractivity contribution < 1.29 is 9.53 Å². The summed E-state index contributed by atoms with van der Waals surface area (Å²) in [4.78, 5) is 30.3. The highest BCUT2D eigenvalue weighted by Gasteiger charge is 2.16. The predicted octanol–water partition coefficient (Wildman–Crippen LogP) is 4.84. The molecule has 0 aliphatic heterocycles. The Labute approximate surface area is 184 Å². The van der Waals surface area contributed by atoms with Crippen LogP contribution in [-0.2, 0) is 24.1 Å². The van der Waals surface area contributed by atoms with E-state index in [1.165, 1.54) is 42.4 Å². The van der Waals surface area contributed by atoms with Crippen LogP contribution in [-0.4, -0.2) is 22.6 Å². The van der Waals surface area contributed by atoms with Gasteiger partial charge in [0, 0.05) is 10.9 Å². The zero-order chi connectivity index (χ0) is 21.4. The Morgan fingerprint density at radius 2 is 1.87 bits per heavy atom. The van der Waals surface area contributed by atoms with Crippen molar-refractivity contribution in [2.24, 2.45) is 0 Å². The molecule has 2 aromatic heterocycles. The largest absolute Gasteiger partial charge is 0.465 e. The number of carbonyl (C=O) groups is 1. The van der Waals surface area contributed by atoms with Gasteiger partial charge < -0.3 is 4.74 Å². The van der Waals surface area contributed by atoms with Crippen molar-refractivity contribution in [1.29, 1.82) is 0 Å². The quantitative estimate of drug-likeness (QED) is 0.435. The van der Waals surface area contributed by atoms with Crippen LogP contribution < -0.4 is 5.56 Å². The fourth-order valence-electron chi connectivity index (χ4n) is 4.25. The lowest BCUT2D eigenvalue weighted by Crippen LogP contribution is -2.21. The van der Waals surface area contributed by atoms with Gasteiger partial charge in [-0.2, -0.15) is 0 Å². The summed E-state index contributed by atoms with van der Waals surface area (Å²) < 4.78 is 6.37. The first-order chi connectivity index (χ1) is 15.1. The van der Waals surface area contributed by atoms with Gasteiger partial charge in [0.15, 0.2) is 0 Å². The number of methoxy groups -OCH3 is 1. The molecule has 0 saturated carbocycles. The van der Waals surface area contributed by atoms with Crippen LogP contribution in [0.25, 0.3) is 21.3 Å². The van der Waals surface area contributed by atoms with E-state index in [4.69, 9.17) is 4.74 Å². The SMILES string of the molecule is COC(=O)c1ccc(Cn2cnc3scc(-c4ccc5c(c4)CCCC5)c3c2=O)cc1. The molecule has 4 aromatic rings. The van der Waals surface area contributed by atoms with Crippen LogP contribution in [0.2, 0.25) is 0 Å². The van der Waals surface area contributed by atoms with E-state index in [0.717, 1.165) is 34.4 Å². The van der Waals surface area contributed by atoms with Crippen molar-refractivity contribution >= 4 is 27.5 Å². The third-order valence-electron chi connectivity index (χ3n) is 5.95. The molecule has 1 aliphatic carbocycles. The van der Waals surface area contributed by atoms with E-state index in [1.807, 2.05) is 17.5 Å². The number of aromatic nitrogens is 2. The second-order valence-electron chi connectivity index (χ2n) is 7.89. The lowest BCUT2D eigenvalue weighted by atomic mass is 9.89. The van der Waals surface area contributed by atoms with E-state index in [-0.39, 0.29) is 11.5 Å². The summed E-state index contributed by atoms with van der Waals surface area (Å²) in [7, 11) is 1.36. The van der Waals surface area contributed by atoms with Gasteiger partial charge in [-0.25, -0.2) is 9.78 Å². The molecule has 6 heteroatoms. The average Bonchev–Trinajstić information content (AvgIpc) is 3.25. The molecular formula is C25H22N2O3S. The second-order valence-corrected chi connectivity index (χ2v) is 8.74. The summed E-state index contributed by atoms with van der Waals surface area (Å²) in [5.74, 6) is -0.375.